The Labute approximate surface area is 174 Å². The molecular weight excluding hydrogens is 425 g/mol. The van der Waals surface area contributed by atoms with E-state index in [0.717, 1.165) is 30.0 Å². The van der Waals surface area contributed by atoms with Crippen LogP contribution in [0.3, 0.4) is 0 Å². The average Bonchev–Trinajstić information content (AvgIpc) is 2.68. The smallest absolute Gasteiger partial charge is 0.416 e. The number of non-ortho nitro benzene ring substituents is 1. The van der Waals surface area contributed by atoms with Gasteiger partial charge in [0.2, 0.25) is 5.91 Å². The Balaban J connectivity index is 2.14. The number of nitro groups is 1. The zero-order chi connectivity index (χ0) is 22.3. The number of thioether (sulfide) groups is 1. The first-order valence-electron chi connectivity index (χ1n) is 8.66. The Morgan fingerprint density at radius 1 is 1.20 bits per heavy atom. The van der Waals surface area contributed by atoms with Crippen molar-refractivity contribution in [3.63, 3.8) is 0 Å². The summed E-state index contributed by atoms with van der Waals surface area (Å²) in [6.45, 7) is 1.89. The van der Waals surface area contributed by atoms with Gasteiger partial charge in [0.15, 0.2) is 0 Å². The van der Waals surface area contributed by atoms with Gasteiger partial charge in [-0.05, 0) is 37.3 Å². The minimum atomic E-state index is -4.58. The standard InChI is InChI=1S/C19H19F3N2O5S/c1-12(30-15-6-4-14(5-7-15)24(26)27)18(25)23-16-11-13(19(20,21)22)3-8-17(16)29-10-9-28-2/h3-8,11-12H,9-10H2,1-2H3,(H,23,25). The molecule has 1 atom stereocenters. The van der Waals surface area contributed by atoms with E-state index in [9.17, 15) is 28.1 Å². The monoisotopic (exact) mass is 444 g/mol. The molecule has 162 valence electrons. The van der Waals surface area contributed by atoms with Crippen LogP contribution in [0.4, 0.5) is 24.5 Å². The second kappa shape index (κ2) is 10.3. The van der Waals surface area contributed by atoms with Crippen molar-refractivity contribution in [3.05, 3.63) is 58.1 Å². The third-order valence-electron chi connectivity index (χ3n) is 3.84. The highest BCUT2D eigenvalue weighted by Gasteiger charge is 2.31. The van der Waals surface area contributed by atoms with E-state index < -0.39 is 27.8 Å². The van der Waals surface area contributed by atoms with Gasteiger partial charge in [-0.25, -0.2) is 0 Å². The largest absolute Gasteiger partial charge is 0.489 e. The van der Waals surface area contributed by atoms with Crippen LogP contribution in [0.15, 0.2) is 47.4 Å². The fraction of sp³-hybridized carbons (Fsp3) is 0.316. The van der Waals surface area contributed by atoms with Crippen molar-refractivity contribution in [1.29, 1.82) is 0 Å². The van der Waals surface area contributed by atoms with Gasteiger partial charge < -0.3 is 14.8 Å². The number of anilines is 1. The Bertz CT molecular complexity index is 891. The molecule has 0 bridgehead atoms. The van der Waals surface area contributed by atoms with Gasteiger partial charge in [0, 0.05) is 24.1 Å². The van der Waals surface area contributed by atoms with E-state index in [2.05, 4.69) is 5.32 Å². The third kappa shape index (κ3) is 6.63. The number of carbonyl (C=O) groups excluding carboxylic acids is 1. The fourth-order valence-corrected chi connectivity index (χ4v) is 3.17. The molecule has 0 aliphatic heterocycles. The number of ether oxygens (including phenoxy) is 2. The lowest BCUT2D eigenvalue weighted by molar-refractivity contribution is -0.384. The van der Waals surface area contributed by atoms with Crippen molar-refractivity contribution in [2.45, 2.75) is 23.2 Å². The highest BCUT2D eigenvalue weighted by atomic mass is 32.2. The van der Waals surface area contributed by atoms with Gasteiger partial charge in [-0.3, -0.25) is 14.9 Å². The van der Waals surface area contributed by atoms with Gasteiger partial charge in [0.25, 0.3) is 5.69 Å². The predicted octanol–water partition coefficient (Wildman–Crippen LogP) is 4.76. The molecular formula is C19H19F3N2O5S. The summed E-state index contributed by atoms with van der Waals surface area (Å²) in [5.74, 6) is -0.463. The van der Waals surface area contributed by atoms with Gasteiger partial charge in [0.1, 0.15) is 12.4 Å². The zero-order valence-electron chi connectivity index (χ0n) is 16.1. The quantitative estimate of drug-likeness (QED) is 0.260. The van der Waals surface area contributed by atoms with Crippen molar-refractivity contribution < 1.29 is 32.4 Å². The topological polar surface area (TPSA) is 90.7 Å². The van der Waals surface area contributed by atoms with E-state index in [4.69, 9.17) is 9.47 Å². The van der Waals surface area contributed by atoms with E-state index in [1.807, 2.05) is 0 Å². The molecule has 30 heavy (non-hydrogen) atoms. The van der Waals surface area contributed by atoms with Gasteiger partial charge >= 0.3 is 6.18 Å². The second-order valence-corrected chi connectivity index (χ2v) is 7.46. The molecule has 0 saturated heterocycles. The number of amides is 1. The fourth-order valence-electron chi connectivity index (χ4n) is 2.30. The molecule has 1 amide bonds. The molecule has 0 saturated carbocycles. The first-order chi connectivity index (χ1) is 14.1. The molecule has 0 aliphatic rings. The molecule has 2 aromatic carbocycles. The number of hydrogen-bond donors (Lipinski definition) is 1. The Hall–Kier alpha value is -2.79. The summed E-state index contributed by atoms with van der Waals surface area (Å²) in [7, 11) is 1.45. The van der Waals surface area contributed by atoms with Crippen LogP contribution < -0.4 is 10.1 Å². The minimum Gasteiger partial charge on any atom is -0.489 e. The van der Waals surface area contributed by atoms with Gasteiger partial charge in [-0.15, -0.1) is 11.8 Å². The highest BCUT2D eigenvalue weighted by molar-refractivity contribution is 8.00. The summed E-state index contributed by atoms with van der Waals surface area (Å²) in [4.78, 5) is 23.3. The molecule has 1 unspecified atom stereocenters. The lowest BCUT2D eigenvalue weighted by atomic mass is 10.1. The van der Waals surface area contributed by atoms with Crippen molar-refractivity contribution in [2.75, 3.05) is 25.6 Å². The van der Waals surface area contributed by atoms with Crippen molar-refractivity contribution in [3.8, 4) is 5.75 Å². The number of alkyl halides is 3. The first kappa shape index (κ1) is 23.5. The number of methoxy groups -OCH3 is 1. The van der Waals surface area contributed by atoms with Crippen LogP contribution in [-0.4, -0.2) is 36.4 Å². The number of carbonyl (C=O) groups is 1. The first-order valence-corrected chi connectivity index (χ1v) is 9.54. The van der Waals surface area contributed by atoms with Crippen LogP contribution in [0, 0.1) is 10.1 Å². The number of nitrogens with one attached hydrogen (secondary N) is 1. The summed E-state index contributed by atoms with van der Waals surface area (Å²) >= 11 is 1.11. The van der Waals surface area contributed by atoms with Crippen molar-refractivity contribution >= 4 is 29.0 Å². The lowest BCUT2D eigenvalue weighted by Gasteiger charge is -2.17. The van der Waals surface area contributed by atoms with E-state index in [-0.39, 0.29) is 30.3 Å². The molecule has 11 heteroatoms. The minimum absolute atomic E-state index is 0.0842. The SMILES string of the molecule is COCCOc1ccc(C(F)(F)F)cc1NC(=O)C(C)Sc1ccc([N+](=O)[O-])cc1. The maximum atomic E-state index is 13.1. The average molecular weight is 444 g/mol. The number of nitro benzene ring substituents is 1. The van der Waals surface area contributed by atoms with Crippen LogP contribution in [0.25, 0.3) is 0 Å². The Morgan fingerprint density at radius 2 is 1.87 bits per heavy atom. The Morgan fingerprint density at radius 3 is 2.43 bits per heavy atom. The molecule has 2 rings (SSSR count). The number of nitrogens with zero attached hydrogens (tertiary/aromatic N) is 1. The van der Waals surface area contributed by atoms with Crippen molar-refractivity contribution in [1.82, 2.24) is 0 Å². The predicted molar refractivity (Wildman–Crippen MR) is 106 cm³/mol. The maximum absolute atomic E-state index is 13.1. The number of rotatable bonds is 9. The molecule has 2 aromatic rings. The zero-order valence-corrected chi connectivity index (χ0v) is 16.9. The lowest BCUT2D eigenvalue weighted by Crippen LogP contribution is -2.23. The van der Waals surface area contributed by atoms with Crippen LogP contribution in [0.1, 0.15) is 12.5 Å². The molecule has 0 heterocycles. The third-order valence-corrected chi connectivity index (χ3v) is 4.95. The molecule has 0 aromatic heterocycles. The summed E-state index contributed by atoms with van der Waals surface area (Å²) in [5.41, 5.74) is -1.12. The summed E-state index contributed by atoms with van der Waals surface area (Å²) in [6.07, 6.45) is -4.58. The van der Waals surface area contributed by atoms with Crippen LogP contribution in [-0.2, 0) is 15.7 Å². The van der Waals surface area contributed by atoms with Gasteiger partial charge in [0.05, 0.1) is 28.0 Å². The second-order valence-electron chi connectivity index (χ2n) is 6.05. The number of halogens is 3. The molecule has 0 spiro atoms. The molecule has 7 nitrogen and oxygen atoms in total. The Kier molecular flexibility index (Phi) is 8.07. The van der Waals surface area contributed by atoms with E-state index in [1.165, 1.54) is 31.4 Å². The van der Waals surface area contributed by atoms with E-state index >= 15 is 0 Å². The summed E-state index contributed by atoms with van der Waals surface area (Å²) in [5, 5.41) is 12.5. The van der Waals surface area contributed by atoms with Gasteiger partial charge in [-0.2, -0.15) is 13.2 Å². The molecule has 0 fully saturated rings. The van der Waals surface area contributed by atoms with Gasteiger partial charge in [-0.1, -0.05) is 0 Å². The van der Waals surface area contributed by atoms with E-state index in [1.54, 1.807) is 6.92 Å². The molecule has 0 aliphatic carbocycles. The normalized spacial score (nSPS) is 12.3. The van der Waals surface area contributed by atoms with E-state index in [0.29, 0.717) is 4.90 Å². The molecule has 1 N–H and O–H groups in total. The number of hydrogen-bond acceptors (Lipinski definition) is 6. The number of benzene rings is 2. The van der Waals surface area contributed by atoms with Crippen molar-refractivity contribution in [2.24, 2.45) is 0 Å². The summed E-state index contributed by atoms with van der Waals surface area (Å²) < 4.78 is 49.4. The highest BCUT2D eigenvalue weighted by Crippen LogP contribution is 2.35. The van der Waals surface area contributed by atoms with Crippen LogP contribution >= 0.6 is 11.8 Å². The van der Waals surface area contributed by atoms with Crippen LogP contribution in [0.2, 0.25) is 0 Å². The van der Waals surface area contributed by atoms with Crippen LogP contribution in [0.5, 0.6) is 5.75 Å². The summed E-state index contributed by atoms with van der Waals surface area (Å²) in [6, 6.07) is 8.42. The molecule has 0 radical (unpaired) electrons. The maximum Gasteiger partial charge on any atom is 0.416 e.